The number of carbonyl (C=O) groups is 1. The first kappa shape index (κ1) is 18.4. The van der Waals surface area contributed by atoms with Gasteiger partial charge in [-0.1, -0.05) is 15.9 Å². The van der Waals surface area contributed by atoms with Crippen LogP contribution in [0.2, 0.25) is 0 Å². The van der Waals surface area contributed by atoms with Gasteiger partial charge >= 0.3 is 0 Å². The van der Waals surface area contributed by atoms with Crippen LogP contribution in [0.15, 0.2) is 22.7 Å². The van der Waals surface area contributed by atoms with Crippen LogP contribution in [0.3, 0.4) is 0 Å². The molecular formula is C14H20BrClFN3O. The van der Waals surface area contributed by atoms with Crippen molar-refractivity contribution in [2.24, 2.45) is 5.92 Å². The minimum atomic E-state index is -0.429. The van der Waals surface area contributed by atoms with E-state index >= 15 is 0 Å². The highest BCUT2D eigenvalue weighted by molar-refractivity contribution is 9.10. The molecule has 1 aliphatic heterocycles. The van der Waals surface area contributed by atoms with Gasteiger partial charge in [-0.05, 0) is 50.7 Å². The van der Waals surface area contributed by atoms with Crippen LogP contribution in [0.1, 0.15) is 6.42 Å². The number of hydrogen-bond donors (Lipinski definition) is 2. The van der Waals surface area contributed by atoms with E-state index in [0.29, 0.717) is 16.9 Å². The fourth-order valence-corrected chi connectivity index (χ4v) is 2.83. The summed E-state index contributed by atoms with van der Waals surface area (Å²) in [6, 6.07) is 4.61. The zero-order valence-corrected chi connectivity index (χ0v) is 14.3. The van der Waals surface area contributed by atoms with E-state index in [-0.39, 0.29) is 24.0 Å². The summed E-state index contributed by atoms with van der Waals surface area (Å²) in [4.78, 5) is 14.0. The number of likely N-dealkylation sites (tertiary alicyclic amines) is 1. The Kier molecular flexibility index (Phi) is 7.59. The molecule has 0 saturated carbocycles. The molecule has 1 aliphatic rings. The summed E-state index contributed by atoms with van der Waals surface area (Å²) < 4.78 is 14.3. The van der Waals surface area contributed by atoms with Crippen LogP contribution < -0.4 is 10.6 Å². The fraction of sp³-hybridized carbons (Fsp3) is 0.500. The van der Waals surface area contributed by atoms with Gasteiger partial charge in [0.1, 0.15) is 5.82 Å². The Labute approximate surface area is 139 Å². The van der Waals surface area contributed by atoms with Gasteiger partial charge in [-0.2, -0.15) is 0 Å². The highest BCUT2D eigenvalue weighted by Crippen LogP contribution is 2.20. The van der Waals surface area contributed by atoms with Crippen molar-refractivity contribution in [2.45, 2.75) is 6.42 Å². The summed E-state index contributed by atoms with van der Waals surface area (Å²) in [7, 11) is 1.94. The van der Waals surface area contributed by atoms with Crippen molar-refractivity contribution in [2.75, 3.05) is 38.5 Å². The second-order valence-electron chi connectivity index (χ2n) is 5.12. The van der Waals surface area contributed by atoms with E-state index in [1.807, 2.05) is 7.05 Å². The summed E-state index contributed by atoms with van der Waals surface area (Å²) in [6.07, 6.45) is 1.10. The molecule has 0 spiro atoms. The maximum absolute atomic E-state index is 13.6. The molecule has 1 atom stereocenters. The van der Waals surface area contributed by atoms with Crippen molar-refractivity contribution in [1.82, 2.24) is 10.2 Å². The van der Waals surface area contributed by atoms with Crippen LogP contribution in [0.4, 0.5) is 10.1 Å². The summed E-state index contributed by atoms with van der Waals surface area (Å²) in [5.74, 6) is -0.00393. The lowest BCUT2D eigenvalue weighted by Gasteiger charge is -2.16. The lowest BCUT2D eigenvalue weighted by molar-refractivity contribution is -0.117. The Morgan fingerprint density at radius 3 is 2.95 bits per heavy atom. The maximum Gasteiger partial charge on any atom is 0.238 e. The molecule has 1 unspecified atom stereocenters. The Morgan fingerprint density at radius 1 is 1.52 bits per heavy atom. The SMILES string of the molecule is CNCC1CCN(CC(=O)Nc2ccc(Br)cc2F)C1.Cl. The molecule has 118 valence electrons. The van der Waals surface area contributed by atoms with Crippen LogP contribution in [-0.2, 0) is 4.79 Å². The molecule has 7 heteroatoms. The van der Waals surface area contributed by atoms with Crippen molar-refractivity contribution in [3.63, 3.8) is 0 Å². The molecule has 2 rings (SSSR count). The molecule has 1 saturated heterocycles. The zero-order chi connectivity index (χ0) is 14.5. The molecule has 21 heavy (non-hydrogen) atoms. The van der Waals surface area contributed by atoms with Crippen LogP contribution in [0, 0.1) is 11.7 Å². The number of benzene rings is 1. The van der Waals surface area contributed by atoms with E-state index in [9.17, 15) is 9.18 Å². The van der Waals surface area contributed by atoms with Crippen molar-refractivity contribution in [1.29, 1.82) is 0 Å². The third-order valence-electron chi connectivity index (χ3n) is 3.44. The summed E-state index contributed by atoms with van der Waals surface area (Å²) in [5.41, 5.74) is 0.226. The Balaban J connectivity index is 0.00000220. The first-order chi connectivity index (χ1) is 9.58. The van der Waals surface area contributed by atoms with E-state index in [4.69, 9.17) is 0 Å². The molecule has 1 aromatic carbocycles. The smallest absolute Gasteiger partial charge is 0.238 e. The molecular weight excluding hydrogens is 361 g/mol. The third-order valence-corrected chi connectivity index (χ3v) is 3.93. The van der Waals surface area contributed by atoms with Gasteiger partial charge in [0.15, 0.2) is 0 Å². The Morgan fingerprint density at radius 2 is 2.29 bits per heavy atom. The quantitative estimate of drug-likeness (QED) is 0.825. The van der Waals surface area contributed by atoms with Gasteiger partial charge < -0.3 is 10.6 Å². The van der Waals surface area contributed by atoms with E-state index in [2.05, 4.69) is 31.5 Å². The number of nitrogens with zero attached hydrogens (tertiary/aromatic N) is 1. The first-order valence-electron chi connectivity index (χ1n) is 6.70. The van der Waals surface area contributed by atoms with E-state index in [1.165, 1.54) is 6.07 Å². The van der Waals surface area contributed by atoms with E-state index in [1.54, 1.807) is 12.1 Å². The normalized spacial score (nSPS) is 18.3. The predicted molar refractivity (Wildman–Crippen MR) is 88.5 cm³/mol. The second kappa shape index (κ2) is 8.68. The van der Waals surface area contributed by atoms with Gasteiger partial charge in [-0.15, -0.1) is 12.4 Å². The number of anilines is 1. The van der Waals surface area contributed by atoms with Gasteiger partial charge in [-0.25, -0.2) is 4.39 Å². The van der Waals surface area contributed by atoms with E-state index < -0.39 is 5.82 Å². The first-order valence-corrected chi connectivity index (χ1v) is 7.49. The molecule has 4 nitrogen and oxygen atoms in total. The molecule has 0 bridgehead atoms. The average Bonchev–Trinajstić information content (AvgIpc) is 2.81. The zero-order valence-electron chi connectivity index (χ0n) is 11.9. The van der Waals surface area contributed by atoms with Crippen molar-refractivity contribution < 1.29 is 9.18 Å². The lowest BCUT2D eigenvalue weighted by atomic mass is 10.1. The largest absolute Gasteiger partial charge is 0.322 e. The molecule has 1 amide bonds. The molecule has 0 aliphatic carbocycles. The number of hydrogen-bond acceptors (Lipinski definition) is 3. The van der Waals surface area contributed by atoms with Crippen molar-refractivity contribution >= 4 is 39.9 Å². The molecule has 2 N–H and O–H groups in total. The highest BCUT2D eigenvalue weighted by Gasteiger charge is 2.23. The van der Waals surface area contributed by atoms with Gasteiger partial charge in [0.05, 0.1) is 12.2 Å². The summed E-state index contributed by atoms with van der Waals surface area (Å²) in [5, 5.41) is 5.77. The molecule has 0 radical (unpaired) electrons. The van der Waals surface area contributed by atoms with Crippen LogP contribution in [0.5, 0.6) is 0 Å². The number of nitrogens with one attached hydrogen (secondary N) is 2. The topological polar surface area (TPSA) is 44.4 Å². The van der Waals surface area contributed by atoms with E-state index in [0.717, 1.165) is 26.1 Å². The summed E-state index contributed by atoms with van der Waals surface area (Å²) in [6.45, 7) is 3.12. The van der Waals surface area contributed by atoms with Crippen LogP contribution in [-0.4, -0.2) is 44.0 Å². The fourth-order valence-electron chi connectivity index (χ4n) is 2.50. The number of rotatable bonds is 5. The van der Waals surface area contributed by atoms with Gasteiger partial charge in [-0.3, -0.25) is 9.69 Å². The van der Waals surface area contributed by atoms with Gasteiger partial charge in [0, 0.05) is 11.0 Å². The minimum Gasteiger partial charge on any atom is -0.322 e. The van der Waals surface area contributed by atoms with Crippen molar-refractivity contribution in [3.05, 3.63) is 28.5 Å². The van der Waals surface area contributed by atoms with Gasteiger partial charge in [0.25, 0.3) is 0 Å². The minimum absolute atomic E-state index is 0. The summed E-state index contributed by atoms with van der Waals surface area (Å²) >= 11 is 3.19. The van der Waals surface area contributed by atoms with Crippen molar-refractivity contribution in [3.8, 4) is 0 Å². The standard InChI is InChI=1S/C14H19BrFN3O.ClH/c1-17-7-10-4-5-19(8-10)9-14(20)18-13-3-2-11(15)6-12(13)16;/h2-3,6,10,17H,4-5,7-9H2,1H3,(H,18,20);1H. The number of amides is 1. The highest BCUT2D eigenvalue weighted by atomic mass is 79.9. The predicted octanol–water partition coefficient (Wildman–Crippen LogP) is 2.49. The number of halogens is 3. The Hall–Kier alpha value is -0.690. The van der Waals surface area contributed by atoms with Crippen LogP contribution in [0.25, 0.3) is 0 Å². The molecule has 1 heterocycles. The molecule has 0 aromatic heterocycles. The van der Waals surface area contributed by atoms with Gasteiger partial charge in [0.2, 0.25) is 5.91 Å². The van der Waals surface area contributed by atoms with Crippen LogP contribution >= 0.6 is 28.3 Å². The average molecular weight is 381 g/mol. The second-order valence-corrected chi connectivity index (χ2v) is 6.04. The number of carbonyl (C=O) groups excluding carboxylic acids is 1. The molecule has 1 aromatic rings. The molecule has 1 fully saturated rings. The lowest BCUT2D eigenvalue weighted by Crippen LogP contribution is -2.32. The monoisotopic (exact) mass is 379 g/mol. The third kappa shape index (κ3) is 5.54. The maximum atomic E-state index is 13.6. The Bertz CT molecular complexity index is 489.